The molecule has 0 bridgehead atoms. The van der Waals surface area contributed by atoms with Crippen LogP contribution in [0.15, 0.2) is 18.6 Å². The van der Waals surface area contributed by atoms with E-state index in [1.54, 1.807) is 0 Å². The number of amides is 5. The Labute approximate surface area is 283 Å². The van der Waals surface area contributed by atoms with Crippen molar-refractivity contribution in [3.63, 3.8) is 0 Å². The zero-order valence-electron chi connectivity index (χ0n) is 28.9. The Morgan fingerprint density at radius 1 is 0.875 bits per heavy atom. The molecule has 264 valence electrons. The summed E-state index contributed by atoms with van der Waals surface area (Å²) in [7, 11) is 0. The molecule has 4 N–H and O–H groups in total. The monoisotopic (exact) mass is 667 g/mol. The van der Waals surface area contributed by atoms with E-state index in [4.69, 9.17) is 0 Å². The third-order valence-corrected chi connectivity index (χ3v) is 9.61. The average molecular weight is 668 g/mol. The van der Waals surface area contributed by atoms with Crippen LogP contribution in [0.3, 0.4) is 0 Å². The van der Waals surface area contributed by atoms with Crippen molar-refractivity contribution in [2.45, 2.75) is 141 Å². The number of rotatable bonds is 15. The normalized spacial score (nSPS) is 19.0. The molecule has 0 aromatic carbocycles. The lowest BCUT2D eigenvalue weighted by Crippen LogP contribution is -2.62. The number of ketones is 1. The van der Waals surface area contributed by atoms with Crippen LogP contribution in [0.25, 0.3) is 0 Å². The van der Waals surface area contributed by atoms with Crippen LogP contribution in [-0.2, 0) is 24.0 Å². The Bertz CT molecular complexity index is 1300. The molecule has 4 rings (SSSR count). The molecule has 3 fully saturated rings. The predicted molar refractivity (Wildman–Crippen MR) is 178 cm³/mol. The number of hydrogen-bond acceptors (Lipinski definition) is 8. The van der Waals surface area contributed by atoms with Crippen LogP contribution in [0, 0.1) is 11.3 Å². The van der Waals surface area contributed by atoms with Crippen molar-refractivity contribution in [1.82, 2.24) is 36.1 Å². The second-order valence-electron chi connectivity index (χ2n) is 14.7. The molecule has 1 heterocycles. The van der Waals surface area contributed by atoms with Gasteiger partial charge in [-0.15, -0.1) is 0 Å². The van der Waals surface area contributed by atoms with E-state index in [-0.39, 0.29) is 30.2 Å². The maximum atomic E-state index is 14.5. The highest BCUT2D eigenvalue weighted by molar-refractivity contribution is 6.38. The molecule has 0 aliphatic heterocycles. The van der Waals surface area contributed by atoms with Gasteiger partial charge in [-0.25, -0.2) is 4.98 Å². The highest BCUT2D eigenvalue weighted by Gasteiger charge is 2.42. The van der Waals surface area contributed by atoms with Crippen LogP contribution >= 0.6 is 0 Å². The third kappa shape index (κ3) is 10.3. The largest absolute Gasteiger partial charge is 0.347 e. The number of nitrogens with zero attached hydrogens (tertiary/aromatic N) is 3. The summed E-state index contributed by atoms with van der Waals surface area (Å²) in [5.74, 6) is -3.40. The first-order valence-corrected chi connectivity index (χ1v) is 17.7. The van der Waals surface area contributed by atoms with Crippen molar-refractivity contribution in [3.05, 3.63) is 24.3 Å². The van der Waals surface area contributed by atoms with Gasteiger partial charge in [0.25, 0.3) is 11.8 Å². The first-order chi connectivity index (χ1) is 22.9. The van der Waals surface area contributed by atoms with Gasteiger partial charge in [0.05, 0.1) is 18.8 Å². The van der Waals surface area contributed by atoms with Crippen LogP contribution in [-0.4, -0.2) is 86.9 Å². The fourth-order valence-electron chi connectivity index (χ4n) is 6.74. The highest BCUT2D eigenvalue weighted by atomic mass is 16.2. The molecule has 5 amide bonds. The Hall–Kier alpha value is -3.90. The van der Waals surface area contributed by atoms with E-state index >= 15 is 0 Å². The second-order valence-corrected chi connectivity index (χ2v) is 14.7. The van der Waals surface area contributed by atoms with Crippen LogP contribution in [0.4, 0.5) is 0 Å². The Morgan fingerprint density at radius 2 is 1.54 bits per heavy atom. The minimum Gasteiger partial charge on any atom is -0.347 e. The van der Waals surface area contributed by atoms with Gasteiger partial charge >= 0.3 is 0 Å². The number of hydrogen-bond donors (Lipinski definition) is 4. The summed E-state index contributed by atoms with van der Waals surface area (Å²) in [6.45, 7) is 7.12. The van der Waals surface area contributed by atoms with Gasteiger partial charge in [0.1, 0.15) is 17.8 Å². The van der Waals surface area contributed by atoms with Crippen molar-refractivity contribution in [2.75, 3.05) is 6.54 Å². The molecule has 48 heavy (non-hydrogen) atoms. The van der Waals surface area contributed by atoms with Crippen molar-refractivity contribution in [2.24, 2.45) is 11.3 Å². The van der Waals surface area contributed by atoms with Gasteiger partial charge in [-0.05, 0) is 56.3 Å². The Morgan fingerprint density at radius 3 is 2.12 bits per heavy atom. The molecule has 1 aromatic rings. The fourth-order valence-corrected chi connectivity index (χ4v) is 6.74. The van der Waals surface area contributed by atoms with E-state index in [0.717, 1.165) is 57.8 Å². The van der Waals surface area contributed by atoms with E-state index in [1.807, 2.05) is 27.7 Å². The molecule has 0 saturated heterocycles. The van der Waals surface area contributed by atoms with Crippen molar-refractivity contribution in [3.8, 4) is 0 Å². The summed E-state index contributed by atoms with van der Waals surface area (Å²) in [6.07, 6.45) is 14.4. The molecular formula is C35H53N7O6. The molecule has 1 aromatic heterocycles. The summed E-state index contributed by atoms with van der Waals surface area (Å²) < 4.78 is 0. The third-order valence-electron chi connectivity index (χ3n) is 9.61. The topological polar surface area (TPSA) is 180 Å². The lowest BCUT2D eigenvalue weighted by Gasteiger charge is -2.39. The minimum absolute atomic E-state index is 0.0116. The van der Waals surface area contributed by atoms with Crippen LogP contribution in [0.2, 0.25) is 0 Å². The molecule has 13 nitrogen and oxygen atoms in total. The van der Waals surface area contributed by atoms with Crippen LogP contribution in [0.5, 0.6) is 0 Å². The maximum absolute atomic E-state index is 14.5. The van der Waals surface area contributed by atoms with E-state index in [1.165, 1.54) is 23.5 Å². The zero-order chi connectivity index (χ0) is 34.8. The lowest BCUT2D eigenvalue weighted by atomic mass is 9.82. The van der Waals surface area contributed by atoms with Gasteiger partial charge in [0.15, 0.2) is 0 Å². The first-order valence-electron chi connectivity index (χ1n) is 17.7. The van der Waals surface area contributed by atoms with E-state index in [9.17, 15) is 28.8 Å². The Kier molecular flexibility index (Phi) is 13.1. The standard InChI is InChI=1S/C35H53N7O6/c1-5-11-25(29(44)33(47)38-23-16-17-23)39-27(43)21-42(24-14-9-10-15-24)34(48)30(35(2,3)4)41-32(46)28(22-12-7-6-8-13-22)40-31(45)26-20-36-18-19-37-26/h18-20,22-25,28,30H,5-17,21H2,1-4H3,(H,38,47)(H,39,43)(H,40,45)(H,41,46)/t25-,28-,30?/m0/s1. The quantitative estimate of drug-likeness (QED) is 0.206. The lowest BCUT2D eigenvalue weighted by molar-refractivity contribution is -0.145. The van der Waals surface area contributed by atoms with Gasteiger partial charge in [0.2, 0.25) is 23.5 Å². The van der Waals surface area contributed by atoms with Crippen molar-refractivity contribution >= 4 is 35.3 Å². The molecule has 0 radical (unpaired) electrons. The molecule has 0 spiro atoms. The second kappa shape index (κ2) is 17.0. The van der Waals surface area contributed by atoms with E-state index in [2.05, 4.69) is 31.2 Å². The zero-order valence-corrected chi connectivity index (χ0v) is 28.9. The summed E-state index contributed by atoms with van der Waals surface area (Å²) in [5, 5.41) is 11.3. The van der Waals surface area contributed by atoms with Gasteiger partial charge in [0, 0.05) is 24.5 Å². The van der Waals surface area contributed by atoms with Gasteiger partial charge < -0.3 is 26.2 Å². The number of aromatic nitrogens is 2. The van der Waals surface area contributed by atoms with Crippen molar-refractivity contribution in [1.29, 1.82) is 0 Å². The van der Waals surface area contributed by atoms with Crippen molar-refractivity contribution < 1.29 is 28.8 Å². The average Bonchev–Trinajstić information content (AvgIpc) is 3.72. The number of Topliss-reactive ketones (excluding diaryl/α,β-unsaturated/α-hetero) is 1. The summed E-state index contributed by atoms with van der Waals surface area (Å²) >= 11 is 0. The molecule has 3 atom stereocenters. The smallest absolute Gasteiger partial charge is 0.289 e. The van der Waals surface area contributed by atoms with E-state index in [0.29, 0.717) is 25.7 Å². The molecule has 3 saturated carbocycles. The molecule has 1 unspecified atom stereocenters. The number of nitrogens with one attached hydrogen (secondary N) is 4. The molecule has 3 aliphatic rings. The van der Waals surface area contributed by atoms with E-state index < -0.39 is 58.9 Å². The first kappa shape index (κ1) is 36.9. The summed E-state index contributed by atoms with van der Waals surface area (Å²) in [4.78, 5) is 90.2. The molecule has 3 aliphatic carbocycles. The molecular weight excluding hydrogens is 614 g/mol. The van der Waals surface area contributed by atoms with Crippen LogP contribution < -0.4 is 21.3 Å². The SMILES string of the molecule is CCC[C@H](NC(=O)CN(C(=O)C(NC(=O)[C@@H](NC(=O)c1cnccn1)C1CCCCC1)C(C)(C)C)C1CCCC1)C(=O)C(=O)NC1CC1. The number of carbonyl (C=O) groups excluding carboxylic acids is 6. The predicted octanol–water partition coefficient (Wildman–Crippen LogP) is 2.59. The molecule has 13 heteroatoms. The number of carbonyl (C=O) groups is 6. The minimum atomic E-state index is -1.00. The van der Waals surface area contributed by atoms with Gasteiger partial charge in [-0.3, -0.25) is 33.8 Å². The summed E-state index contributed by atoms with van der Waals surface area (Å²) in [6, 6.07) is -3.08. The van der Waals surface area contributed by atoms with Gasteiger partial charge in [-0.1, -0.05) is 66.2 Å². The van der Waals surface area contributed by atoms with Crippen LogP contribution in [0.1, 0.15) is 122 Å². The fraction of sp³-hybridized carbons (Fsp3) is 0.714. The maximum Gasteiger partial charge on any atom is 0.289 e. The highest BCUT2D eigenvalue weighted by Crippen LogP contribution is 2.30. The van der Waals surface area contributed by atoms with Gasteiger partial charge in [-0.2, -0.15) is 0 Å². The Balaban J connectivity index is 1.52. The summed E-state index contributed by atoms with van der Waals surface area (Å²) in [5.41, 5.74) is -0.647.